The first-order valence-electron chi connectivity index (χ1n) is 7.34. The Morgan fingerprint density at radius 2 is 2.08 bits per heavy atom. The maximum Gasteiger partial charge on any atom is 0.260 e. The maximum absolute atomic E-state index is 13.8. The topological polar surface area (TPSA) is 62.6 Å². The number of methoxy groups -OCH3 is 1. The SMILES string of the molecule is COc1cc(C#N)ccc1OCC(=O)N(C)Cc1c(F)cccc1Cl. The largest absolute Gasteiger partial charge is 0.493 e. The van der Waals surface area contributed by atoms with Gasteiger partial charge >= 0.3 is 0 Å². The number of rotatable bonds is 6. The quantitative estimate of drug-likeness (QED) is 0.790. The van der Waals surface area contributed by atoms with Gasteiger partial charge in [-0.05, 0) is 24.3 Å². The molecule has 0 bridgehead atoms. The molecule has 0 atom stereocenters. The predicted molar refractivity (Wildman–Crippen MR) is 91.1 cm³/mol. The highest BCUT2D eigenvalue weighted by atomic mass is 35.5. The molecule has 2 aromatic rings. The smallest absolute Gasteiger partial charge is 0.260 e. The second kappa shape index (κ2) is 8.36. The molecule has 130 valence electrons. The zero-order valence-corrected chi connectivity index (χ0v) is 14.5. The number of benzene rings is 2. The first-order chi connectivity index (χ1) is 12.0. The lowest BCUT2D eigenvalue weighted by molar-refractivity contribution is -0.132. The van der Waals surface area contributed by atoms with Crippen LogP contribution in [0.5, 0.6) is 11.5 Å². The van der Waals surface area contributed by atoms with E-state index in [0.29, 0.717) is 17.1 Å². The van der Waals surface area contributed by atoms with Gasteiger partial charge < -0.3 is 14.4 Å². The molecular formula is C18H16ClFN2O3. The molecule has 0 aliphatic carbocycles. The van der Waals surface area contributed by atoms with E-state index in [0.717, 1.165) is 0 Å². The molecule has 0 fully saturated rings. The van der Waals surface area contributed by atoms with E-state index in [-0.39, 0.29) is 29.6 Å². The van der Waals surface area contributed by atoms with Gasteiger partial charge in [-0.15, -0.1) is 0 Å². The molecule has 2 rings (SSSR count). The molecule has 0 heterocycles. The lowest BCUT2D eigenvalue weighted by Gasteiger charge is -2.19. The van der Waals surface area contributed by atoms with Gasteiger partial charge in [-0.25, -0.2) is 4.39 Å². The van der Waals surface area contributed by atoms with Crippen LogP contribution in [-0.4, -0.2) is 31.6 Å². The van der Waals surface area contributed by atoms with Crippen LogP contribution in [0.1, 0.15) is 11.1 Å². The summed E-state index contributed by atoms with van der Waals surface area (Å²) in [4.78, 5) is 13.5. The summed E-state index contributed by atoms with van der Waals surface area (Å²) in [6.45, 7) is -0.233. The summed E-state index contributed by atoms with van der Waals surface area (Å²) >= 11 is 5.97. The van der Waals surface area contributed by atoms with E-state index < -0.39 is 5.82 Å². The van der Waals surface area contributed by atoms with E-state index in [1.165, 1.54) is 37.3 Å². The number of hydrogen-bond acceptors (Lipinski definition) is 4. The summed E-state index contributed by atoms with van der Waals surface area (Å²) in [5.74, 6) is -0.133. The molecule has 2 aromatic carbocycles. The molecule has 0 N–H and O–H groups in total. The molecule has 0 aromatic heterocycles. The number of carbonyl (C=O) groups excluding carboxylic acids is 1. The Balaban J connectivity index is 2.02. The molecule has 1 amide bonds. The first kappa shape index (κ1) is 18.6. The second-order valence-electron chi connectivity index (χ2n) is 5.22. The van der Waals surface area contributed by atoms with Gasteiger partial charge in [0, 0.05) is 30.2 Å². The number of halogens is 2. The number of likely N-dealkylation sites (N-methyl/N-ethyl adjacent to an activating group) is 1. The highest BCUT2D eigenvalue weighted by molar-refractivity contribution is 6.31. The zero-order valence-electron chi connectivity index (χ0n) is 13.8. The molecule has 0 unspecified atom stereocenters. The number of hydrogen-bond donors (Lipinski definition) is 0. The van der Waals surface area contributed by atoms with Crippen molar-refractivity contribution in [3.05, 3.63) is 58.4 Å². The van der Waals surface area contributed by atoms with Crippen LogP contribution in [0.25, 0.3) is 0 Å². The van der Waals surface area contributed by atoms with Gasteiger partial charge in [0.25, 0.3) is 5.91 Å². The minimum atomic E-state index is -0.471. The average molecular weight is 363 g/mol. The Bertz CT molecular complexity index is 800. The Kier molecular flexibility index (Phi) is 6.20. The molecule has 0 radical (unpaired) electrons. The number of amides is 1. The summed E-state index contributed by atoms with van der Waals surface area (Å²) < 4.78 is 24.4. The second-order valence-corrected chi connectivity index (χ2v) is 5.62. The minimum absolute atomic E-state index is 0.0260. The van der Waals surface area contributed by atoms with E-state index in [4.69, 9.17) is 26.3 Å². The molecule has 5 nitrogen and oxygen atoms in total. The van der Waals surface area contributed by atoms with Crippen molar-refractivity contribution in [3.8, 4) is 17.6 Å². The average Bonchev–Trinajstić information content (AvgIpc) is 2.62. The fraction of sp³-hybridized carbons (Fsp3) is 0.222. The van der Waals surface area contributed by atoms with E-state index in [2.05, 4.69) is 0 Å². The fourth-order valence-corrected chi connectivity index (χ4v) is 2.34. The third-order valence-electron chi connectivity index (χ3n) is 3.53. The summed E-state index contributed by atoms with van der Waals surface area (Å²) in [6, 6.07) is 11.0. The Morgan fingerprint density at radius 1 is 1.32 bits per heavy atom. The highest BCUT2D eigenvalue weighted by Gasteiger charge is 2.16. The molecular weight excluding hydrogens is 347 g/mol. The van der Waals surface area contributed by atoms with Crippen LogP contribution < -0.4 is 9.47 Å². The normalized spacial score (nSPS) is 10.0. The third kappa shape index (κ3) is 4.61. The van der Waals surface area contributed by atoms with E-state index in [1.807, 2.05) is 6.07 Å². The van der Waals surface area contributed by atoms with Crippen molar-refractivity contribution in [2.24, 2.45) is 0 Å². The van der Waals surface area contributed by atoms with Gasteiger partial charge in [-0.3, -0.25) is 4.79 Å². The standard InChI is InChI=1S/C18H16ClFN2O3/c1-22(10-13-14(19)4-3-5-15(13)20)18(23)11-25-16-7-6-12(9-21)8-17(16)24-2/h3-8H,10-11H2,1-2H3. The van der Waals surface area contributed by atoms with Crippen molar-refractivity contribution >= 4 is 17.5 Å². The minimum Gasteiger partial charge on any atom is -0.493 e. The van der Waals surface area contributed by atoms with Crippen LogP contribution in [0.4, 0.5) is 4.39 Å². The first-order valence-corrected chi connectivity index (χ1v) is 7.72. The molecule has 7 heteroatoms. The number of nitrogens with zero attached hydrogens (tertiary/aromatic N) is 2. The molecule has 0 spiro atoms. The fourth-order valence-electron chi connectivity index (χ4n) is 2.11. The van der Waals surface area contributed by atoms with E-state index in [1.54, 1.807) is 18.2 Å². The van der Waals surface area contributed by atoms with Crippen molar-refractivity contribution in [1.29, 1.82) is 5.26 Å². The van der Waals surface area contributed by atoms with Gasteiger partial charge in [0.2, 0.25) is 0 Å². The van der Waals surface area contributed by atoms with Crippen molar-refractivity contribution in [2.75, 3.05) is 20.8 Å². The number of carbonyl (C=O) groups is 1. The predicted octanol–water partition coefficient (Wildman–Crippen LogP) is 3.40. The van der Waals surface area contributed by atoms with Crippen LogP contribution in [0, 0.1) is 17.1 Å². The van der Waals surface area contributed by atoms with Crippen LogP contribution in [0.15, 0.2) is 36.4 Å². The molecule has 0 saturated carbocycles. The van der Waals surface area contributed by atoms with Crippen molar-refractivity contribution in [2.45, 2.75) is 6.54 Å². The van der Waals surface area contributed by atoms with Gasteiger partial charge in [0.1, 0.15) is 5.82 Å². The molecule has 25 heavy (non-hydrogen) atoms. The van der Waals surface area contributed by atoms with E-state index >= 15 is 0 Å². The summed E-state index contributed by atoms with van der Waals surface area (Å²) in [5, 5.41) is 9.13. The van der Waals surface area contributed by atoms with Gasteiger partial charge in [-0.2, -0.15) is 5.26 Å². The summed E-state index contributed by atoms with van der Waals surface area (Å²) in [7, 11) is 2.97. The highest BCUT2D eigenvalue weighted by Crippen LogP contribution is 2.28. The zero-order chi connectivity index (χ0) is 18.4. The van der Waals surface area contributed by atoms with Gasteiger partial charge in [-0.1, -0.05) is 17.7 Å². The monoisotopic (exact) mass is 362 g/mol. The van der Waals surface area contributed by atoms with Crippen LogP contribution in [-0.2, 0) is 11.3 Å². The number of ether oxygens (including phenoxy) is 2. The lowest BCUT2D eigenvalue weighted by Crippen LogP contribution is -2.31. The Hall–Kier alpha value is -2.78. The third-order valence-corrected chi connectivity index (χ3v) is 3.88. The van der Waals surface area contributed by atoms with Crippen molar-refractivity contribution in [3.63, 3.8) is 0 Å². The lowest BCUT2D eigenvalue weighted by atomic mass is 10.2. The number of nitriles is 1. The van der Waals surface area contributed by atoms with E-state index in [9.17, 15) is 9.18 Å². The Labute approximate surface area is 150 Å². The van der Waals surface area contributed by atoms with Crippen molar-refractivity contribution < 1.29 is 18.7 Å². The molecule has 0 saturated heterocycles. The summed E-state index contributed by atoms with van der Waals surface area (Å²) in [5.41, 5.74) is 0.665. The van der Waals surface area contributed by atoms with Crippen LogP contribution in [0.2, 0.25) is 5.02 Å². The Morgan fingerprint density at radius 3 is 2.72 bits per heavy atom. The van der Waals surface area contributed by atoms with Crippen LogP contribution in [0.3, 0.4) is 0 Å². The summed E-state index contributed by atoms with van der Waals surface area (Å²) in [6.07, 6.45) is 0. The van der Waals surface area contributed by atoms with Gasteiger partial charge in [0.15, 0.2) is 18.1 Å². The van der Waals surface area contributed by atoms with Crippen LogP contribution >= 0.6 is 11.6 Å². The maximum atomic E-state index is 13.8. The molecule has 0 aliphatic heterocycles. The molecule has 0 aliphatic rings. The van der Waals surface area contributed by atoms with Gasteiger partial charge in [0.05, 0.1) is 18.7 Å². The van der Waals surface area contributed by atoms with Crippen molar-refractivity contribution in [1.82, 2.24) is 4.90 Å².